The normalized spacial score (nSPS) is 11.8. The van der Waals surface area contributed by atoms with Gasteiger partial charge < -0.3 is 15.3 Å². The van der Waals surface area contributed by atoms with Crippen LogP contribution in [-0.4, -0.2) is 15.9 Å². The summed E-state index contributed by atoms with van der Waals surface area (Å²) in [5, 5.41) is 3.28. The van der Waals surface area contributed by atoms with Gasteiger partial charge in [-0.05, 0) is 30.3 Å². The molecule has 0 fully saturated rings. The second-order valence-corrected chi connectivity index (χ2v) is 6.01. The van der Waals surface area contributed by atoms with Crippen molar-refractivity contribution in [3.8, 4) is 0 Å². The molecule has 0 unspecified atom stereocenters. The first-order valence-corrected chi connectivity index (χ1v) is 7.95. The van der Waals surface area contributed by atoms with Crippen LogP contribution in [0.15, 0.2) is 59.5 Å². The van der Waals surface area contributed by atoms with E-state index in [0.717, 1.165) is 6.07 Å². The van der Waals surface area contributed by atoms with Gasteiger partial charge in [-0.15, -0.1) is 0 Å². The minimum Gasteiger partial charge on any atom is -0.360 e. The Balaban J connectivity index is 1.67. The molecule has 0 saturated carbocycles. The van der Waals surface area contributed by atoms with E-state index in [9.17, 15) is 22.8 Å². The fourth-order valence-electron chi connectivity index (χ4n) is 2.89. The van der Waals surface area contributed by atoms with Crippen LogP contribution in [0.1, 0.15) is 16.1 Å². The fourth-order valence-corrected chi connectivity index (χ4v) is 2.89. The van der Waals surface area contributed by atoms with Crippen molar-refractivity contribution in [2.75, 3.05) is 5.32 Å². The molecular formula is C19H12F3N3O2. The number of aromatic nitrogens is 2. The molecule has 0 aliphatic carbocycles. The van der Waals surface area contributed by atoms with Crippen LogP contribution in [0.25, 0.3) is 21.8 Å². The number of hydrogen-bond donors (Lipinski definition) is 3. The Morgan fingerprint density at radius 3 is 2.56 bits per heavy atom. The van der Waals surface area contributed by atoms with E-state index in [0.29, 0.717) is 16.3 Å². The summed E-state index contributed by atoms with van der Waals surface area (Å²) >= 11 is 0. The zero-order chi connectivity index (χ0) is 19.2. The predicted octanol–water partition coefficient (Wildman–Crippen LogP) is 4.28. The molecule has 2 heterocycles. The number of fused-ring (bicyclic) bond motifs is 2. The van der Waals surface area contributed by atoms with Crippen LogP contribution in [0.3, 0.4) is 0 Å². The van der Waals surface area contributed by atoms with Crippen molar-refractivity contribution in [3.63, 3.8) is 0 Å². The number of pyridine rings is 1. The van der Waals surface area contributed by atoms with E-state index in [2.05, 4.69) is 15.3 Å². The first-order valence-electron chi connectivity index (χ1n) is 7.95. The molecule has 0 saturated heterocycles. The van der Waals surface area contributed by atoms with Crippen LogP contribution in [0, 0.1) is 0 Å². The number of benzene rings is 2. The van der Waals surface area contributed by atoms with Crippen molar-refractivity contribution in [2.24, 2.45) is 0 Å². The van der Waals surface area contributed by atoms with Crippen molar-refractivity contribution >= 4 is 33.4 Å². The maximum Gasteiger partial charge on any atom is 0.431 e. The van der Waals surface area contributed by atoms with Gasteiger partial charge in [0.1, 0.15) is 11.3 Å². The minimum absolute atomic E-state index is 0.0868. The van der Waals surface area contributed by atoms with E-state index in [1.54, 1.807) is 24.3 Å². The second-order valence-electron chi connectivity index (χ2n) is 6.01. The van der Waals surface area contributed by atoms with Gasteiger partial charge in [-0.3, -0.25) is 9.59 Å². The quantitative estimate of drug-likeness (QED) is 0.492. The summed E-state index contributed by atoms with van der Waals surface area (Å²) in [7, 11) is 0. The SMILES string of the molecule is O=C(Nc1ccc2cc(C(F)(F)F)[nH]c2c1)c1c[nH]c2ccccc2c1=O. The zero-order valence-electron chi connectivity index (χ0n) is 13.6. The molecule has 0 aliphatic rings. The lowest BCUT2D eigenvalue weighted by Crippen LogP contribution is -2.21. The van der Waals surface area contributed by atoms with Gasteiger partial charge >= 0.3 is 6.18 Å². The molecule has 0 radical (unpaired) electrons. The highest BCUT2D eigenvalue weighted by Gasteiger charge is 2.32. The number of amides is 1. The Hall–Kier alpha value is -3.55. The minimum atomic E-state index is -4.49. The molecule has 27 heavy (non-hydrogen) atoms. The van der Waals surface area contributed by atoms with E-state index >= 15 is 0 Å². The molecule has 2 aromatic carbocycles. The fraction of sp³-hybridized carbons (Fsp3) is 0.0526. The average Bonchev–Trinajstić information content (AvgIpc) is 3.06. The molecule has 136 valence electrons. The number of rotatable bonds is 2. The molecule has 5 nitrogen and oxygen atoms in total. The largest absolute Gasteiger partial charge is 0.431 e. The third kappa shape index (κ3) is 3.05. The molecule has 3 N–H and O–H groups in total. The molecular weight excluding hydrogens is 359 g/mol. The van der Waals surface area contributed by atoms with Gasteiger partial charge in [-0.2, -0.15) is 13.2 Å². The summed E-state index contributed by atoms with van der Waals surface area (Å²) in [6, 6.07) is 12.1. The Morgan fingerprint density at radius 1 is 1.00 bits per heavy atom. The van der Waals surface area contributed by atoms with Gasteiger partial charge in [0.05, 0.1) is 0 Å². The Kier molecular flexibility index (Phi) is 3.76. The monoisotopic (exact) mass is 371 g/mol. The number of nitrogens with one attached hydrogen (secondary N) is 3. The van der Waals surface area contributed by atoms with Crippen molar-refractivity contribution in [1.82, 2.24) is 9.97 Å². The molecule has 0 bridgehead atoms. The highest BCUT2D eigenvalue weighted by molar-refractivity contribution is 6.06. The van der Waals surface area contributed by atoms with Gasteiger partial charge in [-0.1, -0.05) is 18.2 Å². The number of anilines is 1. The maximum atomic E-state index is 12.8. The summed E-state index contributed by atoms with van der Waals surface area (Å²) in [5.41, 5.74) is -0.278. The standard InChI is InChI=1S/C19H12F3N3O2/c20-19(21,22)16-7-10-5-6-11(8-15(10)25-16)24-18(27)13-9-23-14-4-2-1-3-12(14)17(13)26/h1-9,25H,(H,23,26)(H,24,27). The average molecular weight is 371 g/mol. The second kappa shape index (κ2) is 6.01. The topological polar surface area (TPSA) is 77.8 Å². The van der Waals surface area contributed by atoms with Gasteiger partial charge in [-0.25, -0.2) is 0 Å². The molecule has 8 heteroatoms. The molecule has 2 aromatic heterocycles. The van der Waals surface area contributed by atoms with Gasteiger partial charge in [0.15, 0.2) is 0 Å². The lowest BCUT2D eigenvalue weighted by molar-refractivity contribution is -0.140. The lowest BCUT2D eigenvalue weighted by Gasteiger charge is -2.06. The van der Waals surface area contributed by atoms with E-state index in [1.165, 1.54) is 24.4 Å². The summed E-state index contributed by atoms with van der Waals surface area (Å²) < 4.78 is 38.4. The summed E-state index contributed by atoms with van der Waals surface area (Å²) in [5.74, 6) is -0.649. The molecule has 1 amide bonds. The number of aromatic amines is 2. The number of para-hydroxylation sites is 1. The van der Waals surface area contributed by atoms with Crippen LogP contribution in [-0.2, 0) is 6.18 Å². The number of alkyl halides is 3. The predicted molar refractivity (Wildman–Crippen MR) is 95.8 cm³/mol. The summed E-state index contributed by atoms with van der Waals surface area (Å²) in [4.78, 5) is 30.1. The van der Waals surface area contributed by atoms with Crippen LogP contribution in [0.2, 0.25) is 0 Å². The Bertz CT molecular complexity index is 1240. The van der Waals surface area contributed by atoms with Crippen LogP contribution >= 0.6 is 0 Å². The van der Waals surface area contributed by atoms with Gasteiger partial charge in [0.2, 0.25) is 5.43 Å². The lowest BCUT2D eigenvalue weighted by atomic mass is 10.1. The number of hydrogen-bond acceptors (Lipinski definition) is 2. The smallest absolute Gasteiger partial charge is 0.360 e. The zero-order valence-corrected chi connectivity index (χ0v) is 13.6. The van der Waals surface area contributed by atoms with E-state index < -0.39 is 23.2 Å². The van der Waals surface area contributed by atoms with Crippen LogP contribution in [0.5, 0.6) is 0 Å². The van der Waals surface area contributed by atoms with Crippen LogP contribution < -0.4 is 10.7 Å². The third-order valence-electron chi connectivity index (χ3n) is 4.22. The Labute approximate surface area is 149 Å². The molecule has 0 atom stereocenters. The molecule has 4 rings (SSSR count). The van der Waals surface area contributed by atoms with Crippen molar-refractivity contribution in [2.45, 2.75) is 6.18 Å². The molecule has 0 aliphatic heterocycles. The van der Waals surface area contributed by atoms with Crippen molar-refractivity contribution < 1.29 is 18.0 Å². The third-order valence-corrected chi connectivity index (χ3v) is 4.22. The Morgan fingerprint density at radius 2 is 1.78 bits per heavy atom. The number of carbonyl (C=O) groups excluding carboxylic acids is 1. The molecule has 0 spiro atoms. The molecule has 4 aromatic rings. The highest BCUT2D eigenvalue weighted by atomic mass is 19.4. The number of halogens is 3. The summed E-state index contributed by atoms with van der Waals surface area (Å²) in [6.07, 6.45) is -3.17. The number of H-pyrrole nitrogens is 2. The van der Waals surface area contributed by atoms with E-state index in [4.69, 9.17) is 0 Å². The highest BCUT2D eigenvalue weighted by Crippen LogP contribution is 2.31. The first-order chi connectivity index (χ1) is 12.8. The van der Waals surface area contributed by atoms with Gasteiger partial charge in [0.25, 0.3) is 5.91 Å². The maximum absolute atomic E-state index is 12.8. The van der Waals surface area contributed by atoms with Crippen LogP contribution in [0.4, 0.5) is 18.9 Å². The summed E-state index contributed by atoms with van der Waals surface area (Å²) in [6.45, 7) is 0. The van der Waals surface area contributed by atoms with E-state index in [-0.39, 0.29) is 16.8 Å². The van der Waals surface area contributed by atoms with E-state index in [1.807, 2.05) is 0 Å². The first kappa shape index (κ1) is 16.9. The van der Waals surface area contributed by atoms with Crippen molar-refractivity contribution in [1.29, 1.82) is 0 Å². The number of carbonyl (C=O) groups is 1. The van der Waals surface area contributed by atoms with Gasteiger partial charge in [0, 0.05) is 33.7 Å². The van der Waals surface area contributed by atoms with Crippen molar-refractivity contribution in [3.05, 3.63) is 76.2 Å².